The molecule has 0 fully saturated rings. The van der Waals surface area contributed by atoms with Crippen molar-refractivity contribution in [2.75, 3.05) is 32.1 Å². The van der Waals surface area contributed by atoms with Crippen molar-refractivity contribution in [1.82, 2.24) is 5.32 Å². The number of carbonyl (C=O) groups is 1. The number of aliphatic hydroxyl groups excluding tert-OH is 1. The zero-order valence-corrected chi connectivity index (χ0v) is 10.1. The van der Waals surface area contributed by atoms with Gasteiger partial charge in [-0.3, -0.25) is 4.79 Å². The van der Waals surface area contributed by atoms with E-state index in [1.165, 1.54) is 25.3 Å². The molecule has 3 N–H and O–H groups in total. The average Bonchev–Trinajstić information content (AvgIpc) is 2.29. The fraction of sp³-hybridized carbons (Fsp3) is 0.417. The van der Waals surface area contributed by atoms with Gasteiger partial charge < -0.3 is 20.5 Å². The Bertz CT molecular complexity index is 387. The molecular formula is C12H17FN2O3. The van der Waals surface area contributed by atoms with Gasteiger partial charge >= 0.3 is 0 Å². The molecule has 1 aromatic rings. The Labute approximate surface area is 105 Å². The number of carbonyl (C=O) groups excluding carboxylic acids is 1. The molecule has 0 bridgehead atoms. The maximum absolute atomic E-state index is 12.8. The van der Waals surface area contributed by atoms with Crippen LogP contribution >= 0.6 is 0 Å². The molecule has 1 unspecified atom stereocenters. The van der Waals surface area contributed by atoms with Crippen LogP contribution in [0.4, 0.5) is 10.1 Å². The molecular weight excluding hydrogens is 239 g/mol. The summed E-state index contributed by atoms with van der Waals surface area (Å²) >= 11 is 0. The molecule has 1 amide bonds. The molecule has 1 aromatic carbocycles. The largest absolute Gasteiger partial charge is 0.389 e. The first-order valence-corrected chi connectivity index (χ1v) is 5.55. The number of amides is 1. The molecule has 100 valence electrons. The van der Waals surface area contributed by atoms with Crippen molar-refractivity contribution in [3.63, 3.8) is 0 Å². The maximum atomic E-state index is 12.8. The third-order valence-corrected chi connectivity index (χ3v) is 2.13. The summed E-state index contributed by atoms with van der Waals surface area (Å²) in [4.78, 5) is 11.5. The first kappa shape index (κ1) is 14.6. The highest BCUT2D eigenvalue weighted by Gasteiger charge is 2.05. The van der Waals surface area contributed by atoms with Crippen molar-refractivity contribution < 1.29 is 19.0 Å². The minimum atomic E-state index is -0.656. The number of nitrogens with one attached hydrogen (secondary N) is 2. The number of anilines is 1. The van der Waals surface area contributed by atoms with Gasteiger partial charge in [-0.05, 0) is 18.2 Å². The van der Waals surface area contributed by atoms with E-state index in [-0.39, 0.29) is 25.6 Å². The second kappa shape index (κ2) is 7.75. The van der Waals surface area contributed by atoms with Crippen LogP contribution in [0.2, 0.25) is 0 Å². The Morgan fingerprint density at radius 3 is 3.00 bits per heavy atom. The predicted octanol–water partition coefficient (Wildman–Crippen LogP) is 0.361. The van der Waals surface area contributed by atoms with Crippen LogP contribution in [0, 0.1) is 5.82 Å². The summed E-state index contributed by atoms with van der Waals surface area (Å²) in [6, 6.07) is 5.65. The summed E-state index contributed by atoms with van der Waals surface area (Å²) in [5.41, 5.74) is 0.402. The summed E-state index contributed by atoms with van der Waals surface area (Å²) < 4.78 is 17.6. The molecule has 1 rings (SSSR count). The number of rotatable bonds is 7. The fourth-order valence-corrected chi connectivity index (χ4v) is 1.38. The van der Waals surface area contributed by atoms with E-state index < -0.39 is 11.9 Å². The first-order chi connectivity index (χ1) is 8.61. The molecule has 0 aromatic heterocycles. The molecule has 0 aliphatic carbocycles. The van der Waals surface area contributed by atoms with E-state index >= 15 is 0 Å². The first-order valence-electron chi connectivity index (χ1n) is 5.55. The van der Waals surface area contributed by atoms with Crippen molar-refractivity contribution in [1.29, 1.82) is 0 Å². The quantitative estimate of drug-likeness (QED) is 0.659. The Morgan fingerprint density at radius 1 is 1.56 bits per heavy atom. The highest BCUT2D eigenvalue weighted by atomic mass is 19.1. The molecule has 6 heteroatoms. The topological polar surface area (TPSA) is 70.6 Å². The fourth-order valence-electron chi connectivity index (χ4n) is 1.38. The maximum Gasteiger partial charge on any atom is 0.238 e. The van der Waals surface area contributed by atoms with Crippen LogP contribution in [0.1, 0.15) is 0 Å². The normalized spacial score (nSPS) is 12.2. The van der Waals surface area contributed by atoms with Crippen molar-refractivity contribution in [2.45, 2.75) is 6.10 Å². The van der Waals surface area contributed by atoms with Crippen molar-refractivity contribution in [2.24, 2.45) is 0 Å². The third-order valence-electron chi connectivity index (χ3n) is 2.13. The van der Waals surface area contributed by atoms with Crippen LogP contribution in [0.25, 0.3) is 0 Å². The highest BCUT2D eigenvalue weighted by molar-refractivity contribution is 5.92. The standard InChI is InChI=1S/C12H17FN2O3/c1-18-8-11(16)6-14-7-12(17)15-10-4-2-3-9(13)5-10/h2-5,11,14,16H,6-8H2,1H3,(H,15,17). The van der Waals surface area contributed by atoms with Gasteiger partial charge in [-0.15, -0.1) is 0 Å². The number of hydrogen-bond donors (Lipinski definition) is 3. The van der Waals surface area contributed by atoms with Gasteiger partial charge in [0.25, 0.3) is 0 Å². The smallest absolute Gasteiger partial charge is 0.238 e. The molecule has 0 aliphatic rings. The van der Waals surface area contributed by atoms with Gasteiger partial charge in [0, 0.05) is 19.3 Å². The lowest BCUT2D eigenvalue weighted by Gasteiger charge is -2.10. The van der Waals surface area contributed by atoms with Crippen molar-refractivity contribution in [3.05, 3.63) is 30.1 Å². The van der Waals surface area contributed by atoms with E-state index in [1.54, 1.807) is 6.07 Å². The Hall–Kier alpha value is -1.50. The van der Waals surface area contributed by atoms with Gasteiger partial charge in [0.05, 0.1) is 19.3 Å². The second-order valence-electron chi connectivity index (χ2n) is 3.80. The highest BCUT2D eigenvalue weighted by Crippen LogP contribution is 2.08. The SMILES string of the molecule is COCC(O)CNCC(=O)Nc1cccc(F)c1. The zero-order valence-electron chi connectivity index (χ0n) is 10.1. The monoisotopic (exact) mass is 256 g/mol. The lowest BCUT2D eigenvalue weighted by molar-refractivity contribution is -0.115. The molecule has 5 nitrogen and oxygen atoms in total. The minimum absolute atomic E-state index is 0.0390. The lowest BCUT2D eigenvalue weighted by Crippen LogP contribution is -2.35. The van der Waals surface area contributed by atoms with Crippen LogP contribution < -0.4 is 10.6 Å². The predicted molar refractivity (Wildman–Crippen MR) is 65.8 cm³/mol. The van der Waals surface area contributed by atoms with Crippen LogP contribution in [0.5, 0.6) is 0 Å². The number of halogens is 1. The molecule has 0 radical (unpaired) electrons. The Kier molecular flexibility index (Phi) is 6.27. The molecule has 0 heterocycles. The van der Waals surface area contributed by atoms with E-state index in [2.05, 4.69) is 10.6 Å². The summed E-state index contributed by atoms with van der Waals surface area (Å²) in [6.07, 6.45) is -0.656. The van der Waals surface area contributed by atoms with Crippen LogP contribution in [0.3, 0.4) is 0 Å². The average molecular weight is 256 g/mol. The van der Waals surface area contributed by atoms with Crippen molar-refractivity contribution >= 4 is 11.6 Å². The molecule has 0 aliphatic heterocycles. The van der Waals surface area contributed by atoms with Gasteiger partial charge in [0.2, 0.25) is 5.91 Å². The molecule has 0 saturated carbocycles. The third kappa shape index (κ3) is 5.72. The van der Waals surface area contributed by atoms with E-state index in [1.807, 2.05) is 0 Å². The molecule has 18 heavy (non-hydrogen) atoms. The molecule has 0 spiro atoms. The summed E-state index contributed by atoms with van der Waals surface area (Å²) in [5.74, 6) is -0.707. The van der Waals surface area contributed by atoms with E-state index in [4.69, 9.17) is 4.74 Å². The van der Waals surface area contributed by atoms with Gasteiger partial charge in [0.1, 0.15) is 5.82 Å². The van der Waals surface area contributed by atoms with Crippen LogP contribution in [-0.4, -0.2) is 43.9 Å². The van der Waals surface area contributed by atoms with Gasteiger partial charge in [-0.2, -0.15) is 0 Å². The number of benzene rings is 1. The van der Waals surface area contributed by atoms with E-state index in [0.29, 0.717) is 5.69 Å². The van der Waals surface area contributed by atoms with Gasteiger partial charge in [-0.1, -0.05) is 6.07 Å². The zero-order chi connectivity index (χ0) is 13.4. The van der Waals surface area contributed by atoms with Crippen LogP contribution in [0.15, 0.2) is 24.3 Å². The molecule has 0 saturated heterocycles. The van der Waals surface area contributed by atoms with Gasteiger partial charge in [0.15, 0.2) is 0 Å². The van der Waals surface area contributed by atoms with Gasteiger partial charge in [-0.25, -0.2) is 4.39 Å². The summed E-state index contributed by atoms with van der Waals surface area (Å²) in [5, 5.41) is 14.6. The second-order valence-corrected chi connectivity index (χ2v) is 3.80. The summed E-state index contributed by atoms with van der Waals surface area (Å²) in [7, 11) is 1.49. The number of hydrogen-bond acceptors (Lipinski definition) is 4. The van der Waals surface area contributed by atoms with E-state index in [0.717, 1.165) is 0 Å². The number of aliphatic hydroxyl groups is 1. The lowest BCUT2D eigenvalue weighted by atomic mass is 10.3. The number of methoxy groups -OCH3 is 1. The molecule has 1 atom stereocenters. The van der Waals surface area contributed by atoms with Crippen molar-refractivity contribution in [3.8, 4) is 0 Å². The summed E-state index contributed by atoms with van der Waals surface area (Å²) in [6.45, 7) is 0.500. The number of ether oxygens (including phenoxy) is 1. The minimum Gasteiger partial charge on any atom is -0.389 e. The Morgan fingerprint density at radius 2 is 2.33 bits per heavy atom. The van der Waals surface area contributed by atoms with E-state index in [9.17, 15) is 14.3 Å². The Balaban J connectivity index is 2.25. The van der Waals surface area contributed by atoms with Crippen LogP contribution in [-0.2, 0) is 9.53 Å².